The first-order chi connectivity index (χ1) is 17.9. The van der Waals surface area contributed by atoms with Gasteiger partial charge in [-0.2, -0.15) is 0 Å². The van der Waals surface area contributed by atoms with Crippen molar-refractivity contribution in [2.24, 2.45) is 0 Å². The number of fused-ring (bicyclic) bond motifs is 3. The number of alkyl halides is 3. The van der Waals surface area contributed by atoms with Crippen LogP contribution in [-0.2, 0) is 11.3 Å². The molecule has 0 atom stereocenters. The Balaban J connectivity index is 1.03. The highest BCUT2D eigenvalue weighted by Crippen LogP contribution is 2.33. The topological polar surface area (TPSA) is 59.5 Å². The van der Waals surface area contributed by atoms with Crippen molar-refractivity contribution in [3.8, 4) is 5.75 Å². The van der Waals surface area contributed by atoms with Gasteiger partial charge in [-0.15, -0.1) is 13.2 Å². The predicted molar refractivity (Wildman–Crippen MR) is 138 cm³/mol. The van der Waals surface area contributed by atoms with E-state index in [2.05, 4.69) is 26.0 Å². The number of nitrogens with zero attached hydrogens (tertiary/aromatic N) is 3. The fraction of sp³-hybridized carbons (Fsp3) is 0.333. The van der Waals surface area contributed by atoms with Crippen LogP contribution in [0.1, 0.15) is 18.4 Å². The molecule has 1 N–H and O–H groups in total. The van der Waals surface area contributed by atoms with E-state index in [1.54, 1.807) is 12.3 Å². The number of benzene rings is 2. The fourth-order valence-electron chi connectivity index (χ4n) is 4.43. The lowest BCUT2D eigenvalue weighted by atomic mass is 10.1. The Bertz CT molecular complexity index is 1380. The molecule has 1 fully saturated rings. The van der Waals surface area contributed by atoms with E-state index in [0.29, 0.717) is 18.7 Å². The van der Waals surface area contributed by atoms with Crippen LogP contribution in [0, 0.1) is 0 Å². The second-order valence-electron chi connectivity index (χ2n) is 8.97. The monoisotopic (exact) mass is 530 g/mol. The molecule has 0 radical (unpaired) electrons. The molecule has 3 heterocycles. The third-order valence-corrected chi connectivity index (χ3v) is 6.59. The summed E-state index contributed by atoms with van der Waals surface area (Å²) in [5, 5.41) is 6.45. The van der Waals surface area contributed by atoms with Gasteiger partial charge in [-0.1, -0.05) is 35.9 Å². The molecular weight excluding hydrogens is 505 g/mol. The van der Waals surface area contributed by atoms with E-state index >= 15 is 0 Å². The molecule has 0 unspecified atom stereocenters. The van der Waals surface area contributed by atoms with Gasteiger partial charge in [-0.25, -0.2) is 4.98 Å². The third kappa shape index (κ3) is 6.23. The number of pyridine rings is 2. The number of ether oxygens (including phenoxy) is 2. The van der Waals surface area contributed by atoms with Crippen molar-refractivity contribution in [1.29, 1.82) is 0 Å². The number of aromatic nitrogens is 2. The lowest BCUT2D eigenvalue weighted by Gasteiger charge is -2.40. The van der Waals surface area contributed by atoms with Gasteiger partial charge in [-0.3, -0.25) is 4.98 Å². The second kappa shape index (κ2) is 11.1. The van der Waals surface area contributed by atoms with E-state index in [-0.39, 0.29) is 16.9 Å². The van der Waals surface area contributed by atoms with E-state index < -0.39 is 6.36 Å². The van der Waals surface area contributed by atoms with E-state index in [0.717, 1.165) is 60.0 Å². The highest BCUT2D eigenvalue weighted by Gasteiger charge is 2.32. The molecular formula is C27H26ClF3N4O2. The molecule has 1 aliphatic rings. The molecule has 1 saturated heterocycles. The average molecular weight is 531 g/mol. The summed E-state index contributed by atoms with van der Waals surface area (Å²) in [7, 11) is 0. The molecule has 0 bridgehead atoms. The Labute approximate surface area is 217 Å². The Morgan fingerprint density at radius 3 is 2.70 bits per heavy atom. The zero-order valence-electron chi connectivity index (χ0n) is 20.0. The molecule has 2 aromatic carbocycles. The maximum Gasteiger partial charge on any atom is 0.573 e. The summed E-state index contributed by atoms with van der Waals surface area (Å²) < 4.78 is 47.4. The van der Waals surface area contributed by atoms with E-state index in [4.69, 9.17) is 21.3 Å². The van der Waals surface area contributed by atoms with Gasteiger partial charge >= 0.3 is 6.36 Å². The van der Waals surface area contributed by atoms with Gasteiger partial charge in [0.1, 0.15) is 11.6 Å². The summed E-state index contributed by atoms with van der Waals surface area (Å²) in [4.78, 5) is 11.4. The molecule has 2 aromatic heterocycles. The van der Waals surface area contributed by atoms with Gasteiger partial charge in [-0.05, 0) is 49.2 Å². The minimum atomic E-state index is -4.77. The molecule has 37 heavy (non-hydrogen) atoms. The number of anilines is 1. The molecule has 5 rings (SSSR count). The smallest absolute Gasteiger partial charge is 0.404 e. The minimum absolute atomic E-state index is 0.0747. The van der Waals surface area contributed by atoms with Crippen LogP contribution in [0.3, 0.4) is 0 Å². The second-order valence-corrected chi connectivity index (χ2v) is 9.38. The van der Waals surface area contributed by atoms with Gasteiger partial charge < -0.3 is 19.7 Å². The van der Waals surface area contributed by atoms with Gasteiger partial charge in [0.2, 0.25) is 0 Å². The van der Waals surface area contributed by atoms with Crippen molar-refractivity contribution in [2.45, 2.75) is 31.9 Å². The van der Waals surface area contributed by atoms with Crippen LogP contribution in [0.4, 0.5) is 19.0 Å². The molecule has 194 valence electrons. The van der Waals surface area contributed by atoms with Crippen LogP contribution in [0.25, 0.3) is 21.7 Å². The number of hydrogen-bond acceptors (Lipinski definition) is 6. The highest BCUT2D eigenvalue weighted by molar-refractivity contribution is 6.32. The summed E-state index contributed by atoms with van der Waals surface area (Å²) in [6, 6.07) is 14.5. The summed E-state index contributed by atoms with van der Waals surface area (Å²) in [5.74, 6) is 0.575. The summed E-state index contributed by atoms with van der Waals surface area (Å²) in [6.45, 7) is 3.38. The Kier molecular flexibility index (Phi) is 7.64. The molecule has 0 spiro atoms. The van der Waals surface area contributed by atoms with E-state index in [1.807, 2.05) is 30.5 Å². The third-order valence-electron chi connectivity index (χ3n) is 6.28. The minimum Gasteiger partial charge on any atom is -0.404 e. The predicted octanol–water partition coefficient (Wildman–Crippen LogP) is 6.11. The van der Waals surface area contributed by atoms with Crippen molar-refractivity contribution in [2.75, 3.05) is 31.1 Å². The van der Waals surface area contributed by atoms with Crippen molar-refractivity contribution in [3.63, 3.8) is 0 Å². The van der Waals surface area contributed by atoms with Crippen LogP contribution >= 0.6 is 11.6 Å². The van der Waals surface area contributed by atoms with Gasteiger partial charge in [0.25, 0.3) is 0 Å². The first-order valence-electron chi connectivity index (χ1n) is 12.1. The number of rotatable bonds is 10. The molecule has 1 aliphatic heterocycles. The van der Waals surface area contributed by atoms with Crippen LogP contribution in [0.15, 0.2) is 60.9 Å². The van der Waals surface area contributed by atoms with E-state index in [1.165, 1.54) is 12.1 Å². The molecule has 10 heteroatoms. The zero-order valence-corrected chi connectivity index (χ0v) is 20.7. The first kappa shape index (κ1) is 25.5. The SMILES string of the molecule is FC(F)(F)Oc1cc(CNCCCCOC2CN(c3nc4ccccc4c4cnccc34)C2)ccc1Cl. The van der Waals surface area contributed by atoms with Gasteiger partial charge in [0.05, 0.1) is 16.6 Å². The molecule has 0 saturated carbocycles. The van der Waals surface area contributed by atoms with Crippen LogP contribution in [-0.4, -0.2) is 48.7 Å². The van der Waals surface area contributed by atoms with E-state index in [9.17, 15) is 13.2 Å². The lowest BCUT2D eigenvalue weighted by Crippen LogP contribution is -2.52. The Morgan fingerprint density at radius 2 is 1.86 bits per heavy atom. The highest BCUT2D eigenvalue weighted by atomic mass is 35.5. The quantitative estimate of drug-likeness (QED) is 0.197. The molecule has 6 nitrogen and oxygen atoms in total. The lowest BCUT2D eigenvalue weighted by molar-refractivity contribution is -0.274. The maximum atomic E-state index is 12.5. The molecule has 0 aliphatic carbocycles. The van der Waals surface area contributed by atoms with Crippen molar-refractivity contribution in [1.82, 2.24) is 15.3 Å². The van der Waals surface area contributed by atoms with Crippen molar-refractivity contribution < 1.29 is 22.6 Å². The number of unbranched alkanes of at least 4 members (excludes halogenated alkanes) is 1. The normalized spacial score (nSPS) is 14.3. The summed E-state index contributed by atoms with van der Waals surface area (Å²) >= 11 is 5.79. The summed E-state index contributed by atoms with van der Waals surface area (Å²) in [6.07, 6.45) is 0.859. The standard InChI is InChI=1S/C27H26ClF3N4O2/c28-23-8-7-18(13-25(23)37-27(29,30)31)14-32-10-3-4-12-36-19-16-35(17-19)26-21-9-11-33-15-22(21)20-5-1-2-6-24(20)34-26/h1-2,5-9,11,13,15,19,32H,3-4,10,12,14,16-17H2. The number of halogens is 4. The summed E-state index contributed by atoms with van der Waals surface area (Å²) in [5.41, 5.74) is 1.62. The molecule has 4 aromatic rings. The van der Waals surface area contributed by atoms with Gasteiger partial charge in [0, 0.05) is 54.8 Å². The van der Waals surface area contributed by atoms with Crippen molar-refractivity contribution >= 4 is 39.1 Å². The Morgan fingerprint density at radius 1 is 1.03 bits per heavy atom. The van der Waals surface area contributed by atoms with Crippen LogP contribution < -0.4 is 15.0 Å². The Hall–Kier alpha value is -3.14. The largest absolute Gasteiger partial charge is 0.573 e. The van der Waals surface area contributed by atoms with Crippen LogP contribution in [0.5, 0.6) is 5.75 Å². The number of nitrogens with one attached hydrogen (secondary N) is 1. The maximum absolute atomic E-state index is 12.5. The zero-order chi connectivity index (χ0) is 25.8. The average Bonchev–Trinajstić information content (AvgIpc) is 2.85. The molecule has 0 amide bonds. The number of hydrogen-bond donors (Lipinski definition) is 1. The first-order valence-corrected chi connectivity index (χ1v) is 12.5. The van der Waals surface area contributed by atoms with Gasteiger partial charge in [0.15, 0.2) is 0 Å². The fourth-order valence-corrected chi connectivity index (χ4v) is 4.59. The van der Waals surface area contributed by atoms with Crippen molar-refractivity contribution in [3.05, 3.63) is 71.5 Å². The number of para-hydroxylation sites is 1. The van der Waals surface area contributed by atoms with Crippen LogP contribution in [0.2, 0.25) is 5.02 Å².